The van der Waals surface area contributed by atoms with E-state index in [9.17, 15) is 9.65 Å². The largest absolute Gasteiger partial charge is 0.436 e. The molecule has 15 rings (SSSR count). The van der Waals surface area contributed by atoms with Crippen molar-refractivity contribution in [3.05, 3.63) is 261 Å². The third-order valence-corrected chi connectivity index (χ3v) is 18.8. The number of halogens is 1. The SMILES string of the molecule is Cc1cc(-c2c(C)nn(C)c2C)cc(C)c1Oc1nc(Nc2ccc(C#N)cc2)nc2ccn(C)c12.Cc1cc(-c2ccc(F)c(C#N)c2)cc(C)c1Oc1nc(Nc2ccc(C#N)cc2)nc2ccn(C)c12.Cc1cc(-c2ccc(N(C)C)cc2)cc(C)c1Oc1nc(Nc2ccc(C#N)cc2)nc2ccn(C)c12. The topological polar surface area (TPSA) is 272 Å². The van der Waals surface area contributed by atoms with Crippen molar-refractivity contribution in [2.75, 3.05) is 34.9 Å². The highest BCUT2D eigenvalue weighted by Gasteiger charge is 2.23. The Morgan fingerprint density at radius 1 is 0.382 bits per heavy atom. The zero-order valence-corrected chi connectivity index (χ0v) is 63.2. The van der Waals surface area contributed by atoms with Crippen LogP contribution in [0, 0.1) is 107 Å². The molecule has 7 aromatic heterocycles. The number of nitrogens with zero attached hydrogens (tertiary/aromatic N) is 16. The van der Waals surface area contributed by atoms with Crippen LogP contribution in [-0.2, 0) is 28.2 Å². The normalized spacial score (nSPS) is 10.8. The van der Waals surface area contributed by atoms with Crippen LogP contribution >= 0.6 is 0 Å². The second kappa shape index (κ2) is 31.2. The maximum atomic E-state index is 13.8. The molecule has 0 unspecified atom stereocenters. The molecule has 8 aromatic carbocycles. The lowest BCUT2D eigenvalue weighted by atomic mass is 9.98. The second-order valence-electron chi connectivity index (χ2n) is 27.0. The molecular formula is C87H76FN19O3. The first-order valence-corrected chi connectivity index (χ1v) is 35.1. The molecule has 0 saturated heterocycles. The number of rotatable bonds is 16. The van der Waals surface area contributed by atoms with E-state index in [1.165, 1.54) is 6.07 Å². The van der Waals surface area contributed by atoms with Crippen LogP contribution in [0.5, 0.6) is 34.9 Å². The maximum Gasteiger partial charge on any atom is 0.249 e. The smallest absolute Gasteiger partial charge is 0.249 e. The fraction of sp³-hybridized carbons (Fsp3) is 0.161. The Labute approximate surface area is 635 Å². The van der Waals surface area contributed by atoms with Gasteiger partial charge in [-0.05, 0) is 268 Å². The predicted molar refractivity (Wildman–Crippen MR) is 428 cm³/mol. The van der Waals surface area contributed by atoms with Crippen molar-refractivity contribution >= 4 is 73.7 Å². The average Bonchev–Trinajstić information content (AvgIpc) is 1.51. The van der Waals surface area contributed by atoms with Gasteiger partial charge in [0.1, 0.15) is 45.7 Å². The number of anilines is 7. The minimum atomic E-state index is -0.541. The lowest BCUT2D eigenvalue weighted by Crippen LogP contribution is -2.07. The Balaban J connectivity index is 0.000000145. The molecule has 544 valence electrons. The van der Waals surface area contributed by atoms with E-state index in [-0.39, 0.29) is 5.56 Å². The molecule has 0 amide bonds. The quantitative estimate of drug-likeness (QED) is 0.0811. The summed E-state index contributed by atoms with van der Waals surface area (Å²) in [5.74, 6) is 4.19. The second-order valence-corrected chi connectivity index (χ2v) is 27.0. The first-order valence-electron chi connectivity index (χ1n) is 35.1. The number of hydrogen-bond donors (Lipinski definition) is 3. The van der Waals surface area contributed by atoms with E-state index in [0.29, 0.717) is 63.4 Å². The van der Waals surface area contributed by atoms with Gasteiger partial charge < -0.3 is 48.8 Å². The van der Waals surface area contributed by atoms with Crippen molar-refractivity contribution in [1.82, 2.24) is 53.4 Å². The Hall–Kier alpha value is -14.7. The summed E-state index contributed by atoms with van der Waals surface area (Å²) in [7, 11) is 11.8. The van der Waals surface area contributed by atoms with E-state index in [1.807, 2.05) is 175 Å². The van der Waals surface area contributed by atoms with Gasteiger partial charge in [0.15, 0.2) is 0 Å². The molecule has 23 heteroatoms. The molecule has 0 atom stereocenters. The third kappa shape index (κ3) is 15.7. The number of fused-ring (bicyclic) bond motifs is 3. The summed E-state index contributed by atoms with van der Waals surface area (Å²) < 4.78 is 40.9. The molecule has 0 spiro atoms. The van der Waals surface area contributed by atoms with Gasteiger partial charge in [-0.15, -0.1) is 0 Å². The molecule has 0 aliphatic carbocycles. The first kappa shape index (κ1) is 73.6. The number of aromatic nitrogens is 11. The van der Waals surface area contributed by atoms with Crippen molar-refractivity contribution < 1.29 is 18.6 Å². The minimum Gasteiger partial charge on any atom is -0.436 e. The summed E-state index contributed by atoms with van der Waals surface area (Å²) in [5, 5.41) is 50.5. The van der Waals surface area contributed by atoms with Gasteiger partial charge in [-0.25, -0.2) is 19.3 Å². The summed E-state index contributed by atoms with van der Waals surface area (Å²) in [6.07, 6.45) is 5.77. The number of hydrogen-bond acceptors (Lipinski definition) is 18. The number of nitrogens with one attached hydrogen (secondary N) is 3. The van der Waals surface area contributed by atoms with Crippen LogP contribution in [0.2, 0.25) is 0 Å². The Kier molecular flexibility index (Phi) is 20.9. The molecule has 22 nitrogen and oxygen atoms in total. The van der Waals surface area contributed by atoms with Gasteiger partial charge in [0.25, 0.3) is 0 Å². The van der Waals surface area contributed by atoms with Crippen LogP contribution in [0.1, 0.15) is 67.0 Å². The molecule has 7 heterocycles. The number of nitriles is 4. The number of ether oxygens (including phenoxy) is 3. The summed E-state index contributed by atoms with van der Waals surface area (Å²) in [6.45, 7) is 16.2. The Bertz CT molecular complexity index is 6160. The summed E-state index contributed by atoms with van der Waals surface area (Å²) in [5.41, 5.74) is 23.9. The molecule has 0 aliphatic heterocycles. The van der Waals surface area contributed by atoms with Crippen LogP contribution in [-0.4, -0.2) is 67.5 Å². The van der Waals surface area contributed by atoms with E-state index in [2.05, 4.69) is 133 Å². The van der Waals surface area contributed by atoms with Gasteiger partial charge in [0, 0.05) is 94.9 Å². The van der Waals surface area contributed by atoms with Crippen molar-refractivity contribution in [3.8, 4) is 92.5 Å². The van der Waals surface area contributed by atoms with Crippen LogP contribution in [0.3, 0.4) is 0 Å². The van der Waals surface area contributed by atoms with E-state index >= 15 is 0 Å². The van der Waals surface area contributed by atoms with Crippen molar-refractivity contribution in [2.24, 2.45) is 28.2 Å². The summed E-state index contributed by atoms with van der Waals surface area (Å²) in [6, 6.07) is 60.8. The van der Waals surface area contributed by atoms with Gasteiger partial charge in [-0.1, -0.05) is 18.2 Å². The minimum absolute atomic E-state index is 0.00233. The van der Waals surface area contributed by atoms with Crippen LogP contribution in [0.25, 0.3) is 66.5 Å². The Morgan fingerprint density at radius 3 is 1.04 bits per heavy atom. The van der Waals surface area contributed by atoms with E-state index in [1.54, 1.807) is 60.7 Å². The van der Waals surface area contributed by atoms with E-state index in [0.717, 1.165) is 140 Å². The Morgan fingerprint density at radius 2 is 0.718 bits per heavy atom. The van der Waals surface area contributed by atoms with Gasteiger partial charge in [-0.3, -0.25) is 4.68 Å². The molecule has 0 fully saturated rings. The fourth-order valence-electron chi connectivity index (χ4n) is 13.2. The van der Waals surface area contributed by atoms with Crippen LogP contribution < -0.4 is 35.1 Å². The fourth-order valence-corrected chi connectivity index (χ4v) is 13.2. The predicted octanol–water partition coefficient (Wildman–Crippen LogP) is 19.4. The highest BCUT2D eigenvalue weighted by molar-refractivity contribution is 5.86. The molecule has 3 N–H and O–H groups in total. The standard InChI is InChI=1S/C30H28N6O.C29H21FN6O.C28H27N7O/c1-19-16-23(22-8-12-25(13-9-22)35(3)4)17-20(2)28(19)37-29-27-26(14-15-36(27)5)33-30(34-29)32-24-10-6-21(18-31)7-11-24;1-17-12-21(20-6-9-24(30)22(14-20)16-32)13-18(2)27(17)37-28-26-25(10-11-36(26)3)34-29(35-28)33-23-7-4-19(15-31)5-8-23;1-16-13-21(24-18(3)33-35(6)19(24)4)14-17(2)26(16)36-27-25-23(11-12-34(25)5)31-28(32-27)30-22-9-7-20(15-29)8-10-22/h6-17H,1-5H3,(H,32,33,34);4-14H,1-3H3,(H,33,34,35);7-14H,1-6H3,(H,30,31,32). The van der Waals surface area contributed by atoms with Crippen LogP contribution in [0.15, 0.2) is 188 Å². The van der Waals surface area contributed by atoms with Gasteiger partial charge in [0.05, 0.1) is 62.7 Å². The third-order valence-electron chi connectivity index (χ3n) is 18.8. The monoisotopic (exact) mass is 1450 g/mol. The zero-order valence-electron chi connectivity index (χ0n) is 63.2. The number of aryl methyl sites for hydroxylation is 11. The van der Waals surface area contributed by atoms with E-state index < -0.39 is 5.82 Å². The highest BCUT2D eigenvalue weighted by Crippen LogP contribution is 2.41. The summed E-state index contributed by atoms with van der Waals surface area (Å²) >= 11 is 0. The van der Waals surface area contributed by atoms with Gasteiger partial charge >= 0.3 is 0 Å². The number of benzene rings is 8. The molecule has 0 aliphatic rings. The van der Waals surface area contributed by atoms with Gasteiger partial charge in [-0.2, -0.15) is 41.1 Å². The molecule has 0 radical (unpaired) electrons. The molecule has 110 heavy (non-hydrogen) atoms. The first-order chi connectivity index (χ1) is 52.9. The maximum absolute atomic E-state index is 13.8. The molecule has 0 bridgehead atoms. The lowest BCUT2D eigenvalue weighted by molar-refractivity contribution is 0.459. The van der Waals surface area contributed by atoms with Crippen molar-refractivity contribution in [2.45, 2.75) is 55.4 Å². The van der Waals surface area contributed by atoms with Crippen LogP contribution in [0.4, 0.5) is 45.0 Å². The van der Waals surface area contributed by atoms with E-state index in [4.69, 9.17) is 40.0 Å². The molecule has 0 saturated carbocycles. The zero-order chi connectivity index (χ0) is 77.8. The lowest BCUT2D eigenvalue weighted by Gasteiger charge is -2.16. The average molecular weight is 1450 g/mol. The molecule has 15 aromatic rings. The summed E-state index contributed by atoms with van der Waals surface area (Å²) in [4.78, 5) is 30.1. The molecular weight excluding hydrogens is 1380 g/mol. The van der Waals surface area contributed by atoms with Crippen molar-refractivity contribution in [3.63, 3.8) is 0 Å². The highest BCUT2D eigenvalue weighted by atomic mass is 19.1. The van der Waals surface area contributed by atoms with Gasteiger partial charge in [0.2, 0.25) is 35.5 Å². The van der Waals surface area contributed by atoms with Crippen molar-refractivity contribution in [1.29, 1.82) is 21.0 Å².